The zero-order valence-electron chi connectivity index (χ0n) is 9.37. The molecule has 1 aliphatic rings. The summed E-state index contributed by atoms with van der Waals surface area (Å²) in [6.45, 7) is 4.56. The third-order valence-corrected chi connectivity index (χ3v) is 3.59. The standard InChI is InChI=1S/C13H22O/c1-4-5-6-12-9-11(10(2)3)7-8-13(12)14/h1,10-14H,5-9H2,2-3H3. The minimum atomic E-state index is -0.0988. The first-order valence-corrected chi connectivity index (χ1v) is 5.76. The van der Waals surface area contributed by atoms with E-state index in [1.54, 1.807) is 0 Å². The lowest BCUT2D eigenvalue weighted by molar-refractivity contribution is 0.0343. The van der Waals surface area contributed by atoms with Gasteiger partial charge in [0.1, 0.15) is 0 Å². The summed E-state index contributed by atoms with van der Waals surface area (Å²) < 4.78 is 0. The summed E-state index contributed by atoms with van der Waals surface area (Å²) in [6.07, 6.45) is 10.3. The van der Waals surface area contributed by atoms with Gasteiger partial charge in [-0.1, -0.05) is 13.8 Å². The number of aliphatic hydroxyl groups excluding tert-OH is 1. The first-order chi connectivity index (χ1) is 6.65. The van der Waals surface area contributed by atoms with Crippen LogP contribution < -0.4 is 0 Å². The van der Waals surface area contributed by atoms with Crippen molar-refractivity contribution in [3.8, 4) is 12.3 Å². The molecule has 1 nitrogen and oxygen atoms in total. The van der Waals surface area contributed by atoms with Gasteiger partial charge in [0.15, 0.2) is 0 Å². The zero-order valence-corrected chi connectivity index (χ0v) is 9.37. The van der Waals surface area contributed by atoms with Gasteiger partial charge in [0, 0.05) is 6.42 Å². The Morgan fingerprint density at radius 2 is 2.14 bits per heavy atom. The van der Waals surface area contributed by atoms with Crippen molar-refractivity contribution in [1.29, 1.82) is 0 Å². The van der Waals surface area contributed by atoms with Crippen LogP contribution in [0.4, 0.5) is 0 Å². The second-order valence-electron chi connectivity index (χ2n) is 4.89. The van der Waals surface area contributed by atoms with Gasteiger partial charge in [0.05, 0.1) is 6.10 Å². The molecule has 1 rings (SSSR count). The van der Waals surface area contributed by atoms with Crippen molar-refractivity contribution in [3.05, 3.63) is 0 Å². The predicted molar refractivity (Wildman–Crippen MR) is 59.7 cm³/mol. The van der Waals surface area contributed by atoms with E-state index in [1.165, 1.54) is 12.8 Å². The lowest BCUT2D eigenvalue weighted by atomic mass is 9.73. The van der Waals surface area contributed by atoms with Crippen molar-refractivity contribution in [2.24, 2.45) is 17.8 Å². The van der Waals surface area contributed by atoms with E-state index in [2.05, 4.69) is 19.8 Å². The number of hydrogen-bond acceptors (Lipinski definition) is 1. The van der Waals surface area contributed by atoms with Gasteiger partial charge in [0.2, 0.25) is 0 Å². The monoisotopic (exact) mass is 194 g/mol. The number of aliphatic hydroxyl groups is 1. The highest BCUT2D eigenvalue weighted by atomic mass is 16.3. The van der Waals surface area contributed by atoms with Crippen molar-refractivity contribution in [2.45, 2.75) is 52.1 Å². The van der Waals surface area contributed by atoms with E-state index >= 15 is 0 Å². The Bertz CT molecular complexity index is 202. The van der Waals surface area contributed by atoms with Crippen LogP contribution in [0.15, 0.2) is 0 Å². The normalized spacial score (nSPS) is 32.9. The Balaban J connectivity index is 2.43. The Hall–Kier alpha value is -0.480. The summed E-state index contributed by atoms with van der Waals surface area (Å²) >= 11 is 0. The number of hydrogen-bond donors (Lipinski definition) is 1. The van der Waals surface area contributed by atoms with Gasteiger partial charge in [-0.05, 0) is 43.4 Å². The molecule has 0 aromatic rings. The molecule has 0 heterocycles. The SMILES string of the molecule is C#CCCC1CC(C(C)C)CCC1O. The maximum Gasteiger partial charge on any atom is 0.0568 e. The molecule has 1 heteroatoms. The highest BCUT2D eigenvalue weighted by Gasteiger charge is 2.29. The van der Waals surface area contributed by atoms with Crippen LogP contribution in [0.3, 0.4) is 0 Å². The largest absolute Gasteiger partial charge is 0.393 e. The molecule has 0 aromatic carbocycles. The Morgan fingerprint density at radius 1 is 1.43 bits per heavy atom. The van der Waals surface area contributed by atoms with Gasteiger partial charge in [0.25, 0.3) is 0 Å². The Kier molecular flexibility index (Phi) is 4.48. The third kappa shape index (κ3) is 3.03. The van der Waals surface area contributed by atoms with E-state index in [9.17, 15) is 5.11 Å². The van der Waals surface area contributed by atoms with E-state index in [0.717, 1.165) is 31.1 Å². The highest BCUT2D eigenvalue weighted by molar-refractivity contribution is 4.88. The van der Waals surface area contributed by atoms with E-state index in [-0.39, 0.29) is 6.10 Å². The topological polar surface area (TPSA) is 20.2 Å². The summed E-state index contributed by atoms with van der Waals surface area (Å²) in [5.41, 5.74) is 0. The van der Waals surface area contributed by atoms with Crippen molar-refractivity contribution in [1.82, 2.24) is 0 Å². The van der Waals surface area contributed by atoms with Gasteiger partial charge in [-0.3, -0.25) is 0 Å². The molecule has 0 aromatic heterocycles. The minimum absolute atomic E-state index is 0.0988. The average Bonchev–Trinajstić information content (AvgIpc) is 2.16. The minimum Gasteiger partial charge on any atom is -0.393 e. The fourth-order valence-corrected chi connectivity index (χ4v) is 2.47. The molecule has 3 unspecified atom stereocenters. The maximum absolute atomic E-state index is 9.83. The van der Waals surface area contributed by atoms with E-state index in [0.29, 0.717) is 5.92 Å². The number of rotatable bonds is 3. The van der Waals surface area contributed by atoms with Gasteiger partial charge in [-0.2, -0.15) is 0 Å². The molecule has 3 atom stereocenters. The molecule has 80 valence electrons. The van der Waals surface area contributed by atoms with Crippen LogP contribution in [0, 0.1) is 30.1 Å². The quantitative estimate of drug-likeness (QED) is 0.685. The second-order valence-corrected chi connectivity index (χ2v) is 4.89. The van der Waals surface area contributed by atoms with Crippen molar-refractivity contribution in [3.63, 3.8) is 0 Å². The van der Waals surface area contributed by atoms with Crippen molar-refractivity contribution in [2.75, 3.05) is 0 Å². The zero-order chi connectivity index (χ0) is 10.6. The fraction of sp³-hybridized carbons (Fsp3) is 0.846. The summed E-state index contributed by atoms with van der Waals surface area (Å²) in [5.74, 6) is 4.66. The molecular formula is C13H22O. The van der Waals surface area contributed by atoms with Crippen LogP contribution in [0.25, 0.3) is 0 Å². The van der Waals surface area contributed by atoms with Gasteiger partial charge in [-0.25, -0.2) is 0 Å². The molecule has 0 amide bonds. The molecule has 0 bridgehead atoms. The smallest absolute Gasteiger partial charge is 0.0568 e. The first kappa shape index (κ1) is 11.6. The molecule has 1 saturated carbocycles. The van der Waals surface area contributed by atoms with Gasteiger partial charge in [-0.15, -0.1) is 12.3 Å². The highest BCUT2D eigenvalue weighted by Crippen LogP contribution is 2.35. The molecule has 0 saturated heterocycles. The first-order valence-electron chi connectivity index (χ1n) is 5.76. The summed E-state index contributed by atoms with van der Waals surface area (Å²) in [4.78, 5) is 0. The summed E-state index contributed by atoms with van der Waals surface area (Å²) in [6, 6.07) is 0. The summed E-state index contributed by atoms with van der Waals surface area (Å²) in [7, 11) is 0. The fourth-order valence-electron chi connectivity index (χ4n) is 2.47. The lowest BCUT2D eigenvalue weighted by Crippen LogP contribution is -2.31. The maximum atomic E-state index is 9.83. The molecule has 0 aliphatic heterocycles. The lowest BCUT2D eigenvalue weighted by Gasteiger charge is -2.35. The number of terminal acetylenes is 1. The predicted octanol–water partition coefficient (Wildman–Crippen LogP) is 2.83. The van der Waals surface area contributed by atoms with Crippen LogP contribution in [0.1, 0.15) is 46.0 Å². The molecule has 0 spiro atoms. The van der Waals surface area contributed by atoms with Crippen LogP contribution in [-0.2, 0) is 0 Å². The molecular weight excluding hydrogens is 172 g/mol. The Morgan fingerprint density at radius 3 is 2.71 bits per heavy atom. The molecule has 1 N–H and O–H groups in total. The van der Waals surface area contributed by atoms with E-state index in [4.69, 9.17) is 6.42 Å². The molecule has 1 aliphatic carbocycles. The second kappa shape index (κ2) is 5.41. The van der Waals surface area contributed by atoms with Crippen molar-refractivity contribution >= 4 is 0 Å². The molecule has 14 heavy (non-hydrogen) atoms. The Labute approximate surface area is 87.9 Å². The van der Waals surface area contributed by atoms with Gasteiger partial charge >= 0.3 is 0 Å². The molecule has 0 radical (unpaired) electrons. The average molecular weight is 194 g/mol. The van der Waals surface area contributed by atoms with Crippen LogP contribution in [-0.4, -0.2) is 11.2 Å². The van der Waals surface area contributed by atoms with Crippen LogP contribution in [0.2, 0.25) is 0 Å². The summed E-state index contributed by atoms with van der Waals surface area (Å²) in [5, 5.41) is 9.83. The molecule has 1 fully saturated rings. The van der Waals surface area contributed by atoms with Crippen LogP contribution >= 0.6 is 0 Å². The third-order valence-electron chi connectivity index (χ3n) is 3.59. The van der Waals surface area contributed by atoms with E-state index < -0.39 is 0 Å². The van der Waals surface area contributed by atoms with E-state index in [1.807, 2.05) is 0 Å². The van der Waals surface area contributed by atoms with Crippen LogP contribution in [0.5, 0.6) is 0 Å². The van der Waals surface area contributed by atoms with Gasteiger partial charge < -0.3 is 5.11 Å². The van der Waals surface area contributed by atoms with Crippen molar-refractivity contribution < 1.29 is 5.11 Å².